The summed E-state index contributed by atoms with van der Waals surface area (Å²) in [5.74, 6) is 2.49. The standard InChI is InChI=1S/C18H22FN3O/c1-2-3-10-16(23)11-7-12-17(19)18-14-22(21-20-18)13-15-8-5-4-6-9-15/h1,4-6,8-9,14,16-17,23H,3,7,10-13H2. The molecule has 1 N–H and O–H groups in total. The maximum atomic E-state index is 14.2. The van der Waals surface area contributed by atoms with Gasteiger partial charge in [-0.05, 0) is 31.2 Å². The van der Waals surface area contributed by atoms with Crippen LogP contribution in [0.25, 0.3) is 0 Å². The molecule has 0 saturated heterocycles. The van der Waals surface area contributed by atoms with Crippen molar-refractivity contribution in [3.05, 3.63) is 47.8 Å². The van der Waals surface area contributed by atoms with Crippen LogP contribution < -0.4 is 0 Å². The van der Waals surface area contributed by atoms with Crippen molar-refractivity contribution >= 4 is 0 Å². The Morgan fingerprint density at radius 1 is 1.22 bits per heavy atom. The highest BCUT2D eigenvalue weighted by Gasteiger charge is 2.15. The first-order valence-corrected chi connectivity index (χ1v) is 7.88. The Kier molecular flexibility index (Phi) is 6.76. The SMILES string of the molecule is C#CCCC(O)CCCC(F)c1cn(Cc2ccccc2)nn1. The van der Waals surface area contributed by atoms with Crippen LogP contribution in [0, 0.1) is 12.3 Å². The molecule has 5 heteroatoms. The first-order chi connectivity index (χ1) is 11.2. The van der Waals surface area contributed by atoms with E-state index >= 15 is 0 Å². The Balaban J connectivity index is 1.77. The molecule has 1 aromatic carbocycles. The number of hydrogen-bond acceptors (Lipinski definition) is 3. The molecule has 2 aromatic rings. The van der Waals surface area contributed by atoms with E-state index in [1.54, 1.807) is 10.9 Å². The maximum Gasteiger partial charge on any atom is 0.145 e. The first kappa shape index (κ1) is 17.2. The molecule has 0 aliphatic heterocycles. The zero-order valence-electron chi connectivity index (χ0n) is 13.1. The molecule has 122 valence electrons. The van der Waals surface area contributed by atoms with Crippen LogP contribution in [0.4, 0.5) is 4.39 Å². The predicted octanol–water partition coefficient (Wildman–Crippen LogP) is 3.28. The van der Waals surface area contributed by atoms with Gasteiger partial charge in [-0.15, -0.1) is 17.4 Å². The number of halogens is 1. The fourth-order valence-electron chi connectivity index (χ4n) is 2.38. The van der Waals surface area contributed by atoms with Crippen molar-refractivity contribution in [3.63, 3.8) is 0 Å². The molecule has 2 atom stereocenters. The number of aromatic nitrogens is 3. The predicted molar refractivity (Wildman–Crippen MR) is 87.3 cm³/mol. The second-order valence-corrected chi connectivity index (χ2v) is 5.62. The van der Waals surface area contributed by atoms with Crippen molar-refractivity contribution < 1.29 is 9.50 Å². The van der Waals surface area contributed by atoms with Gasteiger partial charge in [-0.3, -0.25) is 0 Å². The largest absolute Gasteiger partial charge is 0.393 e. The third kappa shape index (κ3) is 5.84. The minimum absolute atomic E-state index is 0.330. The molecule has 0 spiro atoms. The van der Waals surface area contributed by atoms with E-state index in [0.29, 0.717) is 44.3 Å². The van der Waals surface area contributed by atoms with Gasteiger partial charge in [0.25, 0.3) is 0 Å². The molecule has 0 radical (unpaired) electrons. The molecule has 0 fully saturated rings. The zero-order chi connectivity index (χ0) is 16.5. The van der Waals surface area contributed by atoms with Crippen LogP contribution in [0.3, 0.4) is 0 Å². The van der Waals surface area contributed by atoms with E-state index in [2.05, 4.69) is 16.2 Å². The van der Waals surface area contributed by atoms with E-state index in [1.807, 2.05) is 30.3 Å². The molecule has 2 unspecified atom stereocenters. The normalized spacial score (nSPS) is 13.4. The molecule has 1 aromatic heterocycles. The number of terminal acetylenes is 1. The Hall–Kier alpha value is -2.19. The number of alkyl halides is 1. The summed E-state index contributed by atoms with van der Waals surface area (Å²) < 4.78 is 15.8. The van der Waals surface area contributed by atoms with Gasteiger partial charge in [-0.25, -0.2) is 9.07 Å². The van der Waals surface area contributed by atoms with Crippen molar-refractivity contribution in [1.29, 1.82) is 0 Å². The topological polar surface area (TPSA) is 50.9 Å². The molecule has 1 heterocycles. The number of rotatable bonds is 9. The molecular weight excluding hydrogens is 293 g/mol. The fraction of sp³-hybridized carbons (Fsp3) is 0.444. The lowest BCUT2D eigenvalue weighted by Gasteiger charge is -2.09. The lowest BCUT2D eigenvalue weighted by molar-refractivity contribution is 0.148. The number of benzene rings is 1. The van der Waals surface area contributed by atoms with Crippen LogP contribution in [0.15, 0.2) is 36.5 Å². The Bertz CT molecular complexity index is 621. The quantitative estimate of drug-likeness (QED) is 0.723. The number of nitrogens with zero attached hydrogens (tertiary/aromatic N) is 3. The van der Waals surface area contributed by atoms with Crippen LogP contribution >= 0.6 is 0 Å². The van der Waals surface area contributed by atoms with Crippen LogP contribution in [-0.2, 0) is 6.54 Å². The Labute approximate surface area is 136 Å². The molecule has 2 rings (SSSR count). The summed E-state index contributed by atoms with van der Waals surface area (Å²) in [6, 6.07) is 9.84. The van der Waals surface area contributed by atoms with E-state index in [-0.39, 0.29) is 0 Å². The average Bonchev–Trinajstić information content (AvgIpc) is 3.02. The van der Waals surface area contributed by atoms with Crippen molar-refractivity contribution in [1.82, 2.24) is 15.0 Å². The Morgan fingerprint density at radius 3 is 2.74 bits per heavy atom. The van der Waals surface area contributed by atoms with Crippen molar-refractivity contribution in [2.45, 2.75) is 50.9 Å². The van der Waals surface area contributed by atoms with Crippen molar-refractivity contribution in [3.8, 4) is 12.3 Å². The highest BCUT2D eigenvalue weighted by molar-refractivity contribution is 5.15. The molecule has 0 bridgehead atoms. The van der Waals surface area contributed by atoms with E-state index < -0.39 is 12.3 Å². The molecule has 4 nitrogen and oxygen atoms in total. The van der Waals surface area contributed by atoms with Crippen LogP contribution in [0.1, 0.15) is 49.5 Å². The molecule has 0 saturated carbocycles. The molecule has 0 aliphatic carbocycles. The van der Waals surface area contributed by atoms with Crippen molar-refractivity contribution in [2.75, 3.05) is 0 Å². The molecule has 23 heavy (non-hydrogen) atoms. The first-order valence-electron chi connectivity index (χ1n) is 7.88. The number of aliphatic hydroxyl groups is 1. The summed E-state index contributed by atoms with van der Waals surface area (Å²) in [4.78, 5) is 0. The smallest absolute Gasteiger partial charge is 0.145 e. The van der Waals surface area contributed by atoms with Gasteiger partial charge in [-0.2, -0.15) is 0 Å². The lowest BCUT2D eigenvalue weighted by Crippen LogP contribution is -2.06. The van der Waals surface area contributed by atoms with Crippen LogP contribution in [0.2, 0.25) is 0 Å². The zero-order valence-corrected chi connectivity index (χ0v) is 13.1. The third-order valence-electron chi connectivity index (χ3n) is 3.68. The van der Waals surface area contributed by atoms with E-state index in [4.69, 9.17) is 6.42 Å². The number of aliphatic hydroxyl groups excluding tert-OH is 1. The van der Waals surface area contributed by atoms with Crippen LogP contribution in [0.5, 0.6) is 0 Å². The van der Waals surface area contributed by atoms with Crippen molar-refractivity contribution in [2.24, 2.45) is 0 Å². The summed E-state index contributed by atoms with van der Waals surface area (Å²) in [6.45, 7) is 0.575. The Morgan fingerprint density at radius 2 is 2.00 bits per heavy atom. The van der Waals surface area contributed by atoms with E-state index in [0.717, 1.165) is 5.56 Å². The summed E-state index contributed by atoms with van der Waals surface area (Å²) in [6.07, 6.45) is 7.79. The van der Waals surface area contributed by atoms with Crippen LogP contribution in [-0.4, -0.2) is 26.2 Å². The van der Waals surface area contributed by atoms with Gasteiger partial charge in [0.05, 0.1) is 18.8 Å². The van der Waals surface area contributed by atoms with Gasteiger partial charge in [0, 0.05) is 6.42 Å². The summed E-state index contributed by atoms with van der Waals surface area (Å²) >= 11 is 0. The minimum Gasteiger partial charge on any atom is -0.393 e. The molecule has 0 aliphatic rings. The van der Waals surface area contributed by atoms with Gasteiger partial charge in [0.15, 0.2) is 0 Å². The highest BCUT2D eigenvalue weighted by atomic mass is 19.1. The minimum atomic E-state index is -1.15. The maximum absolute atomic E-state index is 14.2. The number of hydrogen-bond donors (Lipinski definition) is 1. The van der Waals surface area contributed by atoms with Gasteiger partial charge < -0.3 is 5.11 Å². The van der Waals surface area contributed by atoms with Gasteiger partial charge in [-0.1, -0.05) is 35.5 Å². The average molecular weight is 315 g/mol. The second kappa shape index (κ2) is 9.06. The highest BCUT2D eigenvalue weighted by Crippen LogP contribution is 2.22. The second-order valence-electron chi connectivity index (χ2n) is 5.62. The third-order valence-corrected chi connectivity index (χ3v) is 3.68. The fourth-order valence-corrected chi connectivity index (χ4v) is 2.38. The molecular formula is C18H22FN3O. The summed E-state index contributed by atoms with van der Waals surface area (Å²) in [5, 5.41) is 17.6. The van der Waals surface area contributed by atoms with Gasteiger partial charge in [0.1, 0.15) is 11.9 Å². The molecule has 0 amide bonds. The lowest BCUT2D eigenvalue weighted by atomic mass is 10.0. The summed E-state index contributed by atoms with van der Waals surface area (Å²) in [7, 11) is 0. The van der Waals surface area contributed by atoms with E-state index in [1.165, 1.54) is 0 Å². The summed E-state index contributed by atoms with van der Waals surface area (Å²) in [5.41, 5.74) is 1.44. The van der Waals surface area contributed by atoms with Gasteiger partial charge in [0.2, 0.25) is 0 Å². The van der Waals surface area contributed by atoms with E-state index in [9.17, 15) is 9.50 Å². The van der Waals surface area contributed by atoms with Gasteiger partial charge >= 0.3 is 0 Å². The monoisotopic (exact) mass is 315 g/mol.